The van der Waals surface area contributed by atoms with Crippen molar-refractivity contribution in [3.05, 3.63) is 40.9 Å². The van der Waals surface area contributed by atoms with Crippen LogP contribution in [0.2, 0.25) is 0 Å². The van der Waals surface area contributed by atoms with Crippen LogP contribution >= 0.6 is 11.3 Å². The van der Waals surface area contributed by atoms with Gasteiger partial charge in [0, 0.05) is 16.8 Å². The minimum Gasteiger partial charge on any atom is -0.399 e. The highest BCUT2D eigenvalue weighted by molar-refractivity contribution is 7.15. The van der Waals surface area contributed by atoms with Gasteiger partial charge in [-0.15, -0.1) is 11.3 Å². The zero-order valence-electron chi connectivity index (χ0n) is 11.0. The summed E-state index contributed by atoms with van der Waals surface area (Å²) in [6.07, 6.45) is 2.14. The molecule has 0 aliphatic carbocycles. The van der Waals surface area contributed by atoms with Gasteiger partial charge in [-0.25, -0.2) is 4.98 Å². The molecule has 2 rings (SSSR count). The Morgan fingerprint density at radius 1 is 1.37 bits per heavy atom. The molecule has 0 radical (unpaired) electrons. The van der Waals surface area contributed by atoms with Crippen LogP contribution in [-0.4, -0.2) is 10.9 Å². The highest BCUT2D eigenvalue weighted by Crippen LogP contribution is 2.25. The molecular formula is C14H17N3OS. The van der Waals surface area contributed by atoms with Crippen LogP contribution in [0.25, 0.3) is 0 Å². The summed E-state index contributed by atoms with van der Waals surface area (Å²) >= 11 is 1.52. The van der Waals surface area contributed by atoms with Crippen LogP contribution in [0.5, 0.6) is 0 Å². The van der Waals surface area contributed by atoms with Crippen molar-refractivity contribution in [2.45, 2.75) is 26.2 Å². The number of nitrogen functional groups attached to an aromatic ring is 1. The van der Waals surface area contributed by atoms with E-state index in [1.807, 2.05) is 18.3 Å². The number of hydrogen-bond acceptors (Lipinski definition) is 4. The number of carbonyl (C=O) groups excluding carboxylic acids is 1. The van der Waals surface area contributed by atoms with E-state index < -0.39 is 0 Å². The van der Waals surface area contributed by atoms with Gasteiger partial charge in [0.25, 0.3) is 0 Å². The molecule has 1 heterocycles. The van der Waals surface area contributed by atoms with Crippen molar-refractivity contribution in [2.75, 3.05) is 11.1 Å². The van der Waals surface area contributed by atoms with Crippen molar-refractivity contribution in [1.82, 2.24) is 4.98 Å². The van der Waals surface area contributed by atoms with E-state index in [0.29, 0.717) is 23.2 Å². The normalized spacial score (nSPS) is 10.7. The molecule has 0 aliphatic rings. The third-order valence-corrected chi connectivity index (χ3v) is 3.90. The van der Waals surface area contributed by atoms with Gasteiger partial charge >= 0.3 is 0 Å². The fraction of sp³-hybridized carbons (Fsp3) is 0.286. The van der Waals surface area contributed by atoms with E-state index in [0.717, 1.165) is 5.56 Å². The highest BCUT2D eigenvalue weighted by Gasteiger charge is 2.09. The summed E-state index contributed by atoms with van der Waals surface area (Å²) in [4.78, 5) is 17.2. The number of hydrogen-bond donors (Lipinski definition) is 2. The van der Waals surface area contributed by atoms with Gasteiger partial charge in [-0.1, -0.05) is 26.0 Å². The van der Waals surface area contributed by atoms with Crippen LogP contribution in [-0.2, 0) is 11.2 Å². The number of aromatic nitrogens is 1. The molecule has 3 N–H and O–H groups in total. The molecule has 1 aromatic carbocycles. The average Bonchev–Trinajstić information content (AvgIpc) is 2.80. The largest absolute Gasteiger partial charge is 0.399 e. The molecule has 19 heavy (non-hydrogen) atoms. The van der Waals surface area contributed by atoms with Crippen molar-refractivity contribution < 1.29 is 4.79 Å². The predicted molar refractivity (Wildman–Crippen MR) is 79.4 cm³/mol. The first-order valence-electron chi connectivity index (χ1n) is 6.14. The molecule has 5 heteroatoms. The number of thiazole rings is 1. The molecule has 0 fully saturated rings. The lowest BCUT2D eigenvalue weighted by Gasteiger charge is -2.02. The molecule has 1 amide bonds. The van der Waals surface area contributed by atoms with Gasteiger partial charge in [0.15, 0.2) is 5.13 Å². The summed E-state index contributed by atoms with van der Waals surface area (Å²) in [5, 5.41) is 3.47. The third-order valence-electron chi connectivity index (χ3n) is 2.68. The van der Waals surface area contributed by atoms with E-state index in [1.54, 1.807) is 12.1 Å². The Hall–Kier alpha value is -1.88. The van der Waals surface area contributed by atoms with Gasteiger partial charge in [0.05, 0.1) is 6.42 Å². The molecule has 0 bridgehead atoms. The molecule has 0 spiro atoms. The lowest BCUT2D eigenvalue weighted by Crippen LogP contribution is -2.14. The number of benzene rings is 1. The van der Waals surface area contributed by atoms with Crippen LogP contribution in [0.3, 0.4) is 0 Å². The molecule has 0 saturated carbocycles. The quantitative estimate of drug-likeness (QED) is 0.843. The Kier molecular flexibility index (Phi) is 4.16. The van der Waals surface area contributed by atoms with Gasteiger partial charge in [-0.05, 0) is 23.6 Å². The number of carbonyl (C=O) groups is 1. The Morgan fingerprint density at radius 3 is 2.63 bits per heavy atom. The Bertz CT molecular complexity index is 560. The summed E-state index contributed by atoms with van der Waals surface area (Å²) in [5.41, 5.74) is 7.24. The number of amides is 1. The Balaban J connectivity index is 1.95. The van der Waals surface area contributed by atoms with E-state index in [4.69, 9.17) is 5.73 Å². The molecule has 100 valence electrons. The number of nitrogens with zero attached hydrogens (tertiary/aromatic N) is 1. The van der Waals surface area contributed by atoms with Gasteiger partial charge < -0.3 is 11.1 Å². The second-order valence-corrected chi connectivity index (χ2v) is 5.75. The first kappa shape index (κ1) is 13.5. The van der Waals surface area contributed by atoms with Crippen LogP contribution in [0.1, 0.15) is 30.2 Å². The summed E-state index contributed by atoms with van der Waals surface area (Å²) in [6, 6.07) is 7.30. The minimum atomic E-state index is -0.0607. The second kappa shape index (κ2) is 5.84. The number of nitrogens with one attached hydrogen (secondary N) is 1. The van der Waals surface area contributed by atoms with E-state index in [9.17, 15) is 4.79 Å². The Labute approximate surface area is 116 Å². The molecule has 0 aliphatic heterocycles. The van der Waals surface area contributed by atoms with Crippen molar-refractivity contribution in [1.29, 1.82) is 0 Å². The minimum absolute atomic E-state index is 0.0607. The molecule has 1 aromatic heterocycles. The monoisotopic (exact) mass is 275 g/mol. The number of anilines is 2. The van der Waals surface area contributed by atoms with Crippen molar-refractivity contribution >= 4 is 28.1 Å². The van der Waals surface area contributed by atoms with Crippen LogP contribution in [0.15, 0.2) is 30.5 Å². The standard InChI is InChI=1S/C14H17N3OS/c1-9(2)12-8-16-14(19-12)17-13(18)7-10-3-5-11(15)6-4-10/h3-6,8-9H,7,15H2,1-2H3,(H,16,17,18). The predicted octanol–water partition coefficient (Wildman–Crippen LogP) is 3.03. The van der Waals surface area contributed by atoms with Gasteiger partial charge in [-0.3, -0.25) is 4.79 Å². The number of rotatable bonds is 4. The molecule has 0 saturated heterocycles. The smallest absolute Gasteiger partial charge is 0.230 e. The molecular weight excluding hydrogens is 258 g/mol. The summed E-state index contributed by atoms with van der Waals surface area (Å²) in [5.74, 6) is 0.370. The van der Waals surface area contributed by atoms with E-state index in [1.165, 1.54) is 16.2 Å². The maximum atomic E-state index is 11.9. The fourth-order valence-corrected chi connectivity index (χ4v) is 2.43. The maximum absolute atomic E-state index is 11.9. The maximum Gasteiger partial charge on any atom is 0.230 e. The molecule has 0 atom stereocenters. The highest BCUT2D eigenvalue weighted by atomic mass is 32.1. The molecule has 0 unspecified atom stereocenters. The van der Waals surface area contributed by atoms with Crippen molar-refractivity contribution in [2.24, 2.45) is 0 Å². The Morgan fingerprint density at radius 2 is 2.05 bits per heavy atom. The topological polar surface area (TPSA) is 68.0 Å². The average molecular weight is 275 g/mol. The van der Waals surface area contributed by atoms with Gasteiger partial charge in [0.1, 0.15) is 0 Å². The van der Waals surface area contributed by atoms with Crippen LogP contribution in [0, 0.1) is 0 Å². The molecule has 2 aromatic rings. The lowest BCUT2D eigenvalue weighted by atomic mass is 10.1. The van der Waals surface area contributed by atoms with Gasteiger partial charge in [-0.2, -0.15) is 0 Å². The second-order valence-electron chi connectivity index (χ2n) is 4.69. The third kappa shape index (κ3) is 3.79. The SMILES string of the molecule is CC(C)c1cnc(NC(=O)Cc2ccc(N)cc2)s1. The summed E-state index contributed by atoms with van der Waals surface area (Å²) in [6.45, 7) is 4.21. The first-order chi connectivity index (χ1) is 9.04. The zero-order valence-corrected chi connectivity index (χ0v) is 11.8. The first-order valence-corrected chi connectivity index (χ1v) is 6.96. The molecule has 4 nitrogen and oxygen atoms in total. The zero-order chi connectivity index (χ0) is 13.8. The van der Waals surface area contributed by atoms with E-state index >= 15 is 0 Å². The lowest BCUT2D eigenvalue weighted by molar-refractivity contribution is -0.115. The van der Waals surface area contributed by atoms with Gasteiger partial charge in [0.2, 0.25) is 5.91 Å². The summed E-state index contributed by atoms with van der Waals surface area (Å²) in [7, 11) is 0. The van der Waals surface area contributed by atoms with E-state index in [-0.39, 0.29) is 5.91 Å². The van der Waals surface area contributed by atoms with Crippen molar-refractivity contribution in [3.63, 3.8) is 0 Å². The number of nitrogens with two attached hydrogens (primary N) is 1. The summed E-state index contributed by atoms with van der Waals surface area (Å²) < 4.78 is 0. The van der Waals surface area contributed by atoms with Crippen molar-refractivity contribution in [3.8, 4) is 0 Å². The van der Waals surface area contributed by atoms with Crippen LogP contribution < -0.4 is 11.1 Å². The van der Waals surface area contributed by atoms with E-state index in [2.05, 4.69) is 24.1 Å². The fourth-order valence-electron chi connectivity index (χ4n) is 1.60. The van der Waals surface area contributed by atoms with Crippen LogP contribution in [0.4, 0.5) is 10.8 Å².